The minimum atomic E-state index is -4.28. The summed E-state index contributed by atoms with van der Waals surface area (Å²) in [7, 11) is 0. The van der Waals surface area contributed by atoms with E-state index in [-0.39, 0.29) is 0 Å². The van der Waals surface area contributed by atoms with Crippen LogP contribution < -0.4 is 0 Å². The van der Waals surface area contributed by atoms with E-state index in [0.29, 0.717) is 12.0 Å². The van der Waals surface area contributed by atoms with Crippen LogP contribution >= 0.6 is 0 Å². The summed E-state index contributed by atoms with van der Waals surface area (Å²) in [5.74, 6) is 6.02. The zero-order valence-corrected chi connectivity index (χ0v) is 10.6. The monoisotopic (exact) mass is 264 g/mol. The van der Waals surface area contributed by atoms with Gasteiger partial charge in [-0.05, 0) is 42.9 Å². The molecule has 1 aromatic carbocycles. The minimum absolute atomic E-state index is 0.362. The van der Waals surface area contributed by atoms with E-state index in [4.69, 9.17) is 0 Å². The van der Waals surface area contributed by atoms with Gasteiger partial charge in [0.15, 0.2) is 0 Å². The van der Waals surface area contributed by atoms with Gasteiger partial charge < -0.3 is 0 Å². The number of benzene rings is 1. The third-order valence-corrected chi connectivity index (χ3v) is 3.09. The van der Waals surface area contributed by atoms with E-state index >= 15 is 0 Å². The molecule has 1 aliphatic rings. The fourth-order valence-electron chi connectivity index (χ4n) is 2.07. The van der Waals surface area contributed by atoms with Crippen molar-refractivity contribution in [2.45, 2.75) is 38.3 Å². The molecule has 0 fully saturated rings. The van der Waals surface area contributed by atoms with E-state index in [1.807, 2.05) is 0 Å². The van der Waals surface area contributed by atoms with Gasteiger partial charge in [0.2, 0.25) is 0 Å². The first-order valence-corrected chi connectivity index (χ1v) is 6.40. The molecule has 3 heteroatoms. The molecule has 0 atom stereocenters. The fraction of sp³-hybridized carbons (Fsp3) is 0.375. The molecule has 0 saturated heterocycles. The number of rotatable bonds is 1. The lowest BCUT2D eigenvalue weighted by Gasteiger charge is -2.07. The minimum Gasteiger partial charge on any atom is -0.166 e. The lowest BCUT2D eigenvalue weighted by atomic mass is 10.00. The molecule has 1 aromatic rings. The van der Waals surface area contributed by atoms with Crippen LogP contribution in [0.1, 0.15) is 36.8 Å². The summed E-state index contributed by atoms with van der Waals surface area (Å²) in [6.07, 6.45) is 2.63. The molecule has 0 nitrogen and oxygen atoms in total. The van der Waals surface area contributed by atoms with Crippen molar-refractivity contribution in [2.75, 3.05) is 0 Å². The van der Waals surface area contributed by atoms with Crippen molar-refractivity contribution in [1.82, 2.24) is 0 Å². The summed E-state index contributed by atoms with van der Waals surface area (Å²) >= 11 is 0. The quantitative estimate of drug-likeness (QED) is 0.642. The Balaban J connectivity index is 2.04. The lowest BCUT2D eigenvalue weighted by molar-refractivity contribution is -0.137. The zero-order valence-electron chi connectivity index (χ0n) is 10.6. The third kappa shape index (κ3) is 4.17. The average Bonchev–Trinajstić information content (AvgIpc) is 2.39. The number of alkyl halides is 3. The summed E-state index contributed by atoms with van der Waals surface area (Å²) in [5.41, 5.74) is 1.13. The number of allylic oxidation sites excluding steroid dienone is 2. The van der Waals surface area contributed by atoms with Crippen LogP contribution in [0.4, 0.5) is 13.2 Å². The van der Waals surface area contributed by atoms with E-state index in [0.717, 1.165) is 30.9 Å². The number of halogens is 3. The Morgan fingerprint density at radius 2 is 2.00 bits per heavy atom. The van der Waals surface area contributed by atoms with Gasteiger partial charge in [0, 0.05) is 6.42 Å². The van der Waals surface area contributed by atoms with Crippen molar-refractivity contribution in [3.8, 4) is 11.8 Å². The van der Waals surface area contributed by atoms with Gasteiger partial charge in [0.1, 0.15) is 0 Å². The Labute approximate surface area is 111 Å². The number of hydrogen-bond acceptors (Lipinski definition) is 0. The van der Waals surface area contributed by atoms with Gasteiger partial charge in [0.05, 0.1) is 5.56 Å². The largest absolute Gasteiger partial charge is 0.416 e. The molecule has 0 unspecified atom stereocenters. The first kappa shape index (κ1) is 13.7. The van der Waals surface area contributed by atoms with Gasteiger partial charge >= 0.3 is 6.18 Å². The van der Waals surface area contributed by atoms with Crippen LogP contribution in [0.15, 0.2) is 35.9 Å². The molecule has 0 amide bonds. The molecule has 100 valence electrons. The van der Waals surface area contributed by atoms with Crippen LogP contribution in [0, 0.1) is 11.8 Å². The Morgan fingerprint density at radius 1 is 1.16 bits per heavy atom. The van der Waals surface area contributed by atoms with E-state index in [1.54, 1.807) is 6.07 Å². The predicted octanol–water partition coefficient (Wildman–Crippen LogP) is 4.75. The van der Waals surface area contributed by atoms with Gasteiger partial charge in [-0.1, -0.05) is 36.1 Å². The highest BCUT2D eigenvalue weighted by Gasteiger charge is 2.30. The van der Waals surface area contributed by atoms with Crippen LogP contribution in [0.25, 0.3) is 0 Å². The van der Waals surface area contributed by atoms with Crippen LogP contribution in [-0.4, -0.2) is 0 Å². The molecule has 0 spiro atoms. The Bertz CT molecular complexity index is 527. The van der Waals surface area contributed by atoms with E-state index in [1.165, 1.54) is 18.6 Å². The highest BCUT2D eigenvalue weighted by molar-refractivity contribution is 5.33. The second kappa shape index (κ2) is 5.97. The van der Waals surface area contributed by atoms with Crippen LogP contribution in [0.3, 0.4) is 0 Å². The molecule has 0 heterocycles. The third-order valence-electron chi connectivity index (χ3n) is 3.09. The normalized spacial score (nSPS) is 15.4. The molecule has 0 N–H and O–H groups in total. The van der Waals surface area contributed by atoms with Crippen molar-refractivity contribution in [2.24, 2.45) is 0 Å². The highest BCUT2D eigenvalue weighted by atomic mass is 19.4. The van der Waals surface area contributed by atoms with Crippen molar-refractivity contribution < 1.29 is 13.2 Å². The molecular formula is C16H15F3. The summed E-state index contributed by atoms with van der Waals surface area (Å²) in [4.78, 5) is 0. The van der Waals surface area contributed by atoms with Crippen LogP contribution in [-0.2, 0) is 12.6 Å². The van der Waals surface area contributed by atoms with Crippen molar-refractivity contribution in [1.29, 1.82) is 0 Å². The summed E-state index contributed by atoms with van der Waals surface area (Å²) in [6.45, 7) is 0. The summed E-state index contributed by atoms with van der Waals surface area (Å²) in [6, 6.07) is 5.36. The molecule has 0 aliphatic heterocycles. The smallest absolute Gasteiger partial charge is 0.166 e. The second-order valence-electron chi connectivity index (χ2n) is 4.65. The van der Waals surface area contributed by atoms with E-state index in [2.05, 4.69) is 17.9 Å². The standard InChI is InChI=1S/C16H15F3/c17-16(18,19)15-11-5-10-14(12-15)9-4-8-13-6-2-1-3-7-13/h5-6,10-12H,1-3,7,9H2. The molecule has 0 radical (unpaired) electrons. The van der Waals surface area contributed by atoms with Gasteiger partial charge in [-0.2, -0.15) is 13.2 Å². The zero-order chi connectivity index (χ0) is 13.7. The van der Waals surface area contributed by atoms with Gasteiger partial charge in [-0.15, -0.1) is 0 Å². The lowest BCUT2D eigenvalue weighted by Crippen LogP contribution is -2.05. The highest BCUT2D eigenvalue weighted by Crippen LogP contribution is 2.29. The summed E-state index contributed by atoms with van der Waals surface area (Å²) in [5, 5.41) is 0. The van der Waals surface area contributed by atoms with E-state index in [9.17, 15) is 13.2 Å². The first-order valence-electron chi connectivity index (χ1n) is 6.40. The van der Waals surface area contributed by atoms with E-state index < -0.39 is 11.7 Å². The van der Waals surface area contributed by atoms with Crippen LogP contribution in [0.2, 0.25) is 0 Å². The Kier molecular flexibility index (Phi) is 4.31. The van der Waals surface area contributed by atoms with Gasteiger partial charge in [-0.3, -0.25) is 0 Å². The maximum absolute atomic E-state index is 12.5. The van der Waals surface area contributed by atoms with Crippen molar-refractivity contribution in [3.63, 3.8) is 0 Å². The molecule has 0 aromatic heterocycles. The topological polar surface area (TPSA) is 0 Å². The van der Waals surface area contributed by atoms with Crippen molar-refractivity contribution >= 4 is 0 Å². The molecular weight excluding hydrogens is 249 g/mol. The molecule has 0 saturated carbocycles. The molecule has 1 aliphatic carbocycles. The predicted molar refractivity (Wildman–Crippen MR) is 69.5 cm³/mol. The summed E-state index contributed by atoms with van der Waals surface area (Å²) < 4.78 is 37.6. The maximum Gasteiger partial charge on any atom is 0.416 e. The fourth-order valence-corrected chi connectivity index (χ4v) is 2.07. The Hall–Kier alpha value is -1.69. The average molecular weight is 264 g/mol. The molecule has 0 bridgehead atoms. The molecule has 2 rings (SSSR count). The van der Waals surface area contributed by atoms with Crippen LogP contribution in [0.5, 0.6) is 0 Å². The first-order chi connectivity index (χ1) is 9.05. The second-order valence-corrected chi connectivity index (χ2v) is 4.65. The Morgan fingerprint density at radius 3 is 2.68 bits per heavy atom. The van der Waals surface area contributed by atoms with Gasteiger partial charge in [0.25, 0.3) is 0 Å². The van der Waals surface area contributed by atoms with Crippen molar-refractivity contribution in [3.05, 3.63) is 47.0 Å². The SMILES string of the molecule is FC(F)(F)c1cccc(CC#CC2=CCCCC2)c1. The van der Waals surface area contributed by atoms with Gasteiger partial charge in [-0.25, -0.2) is 0 Å². The molecule has 19 heavy (non-hydrogen) atoms. The maximum atomic E-state index is 12.5. The number of hydrogen-bond donors (Lipinski definition) is 0.